The molecule has 0 aliphatic heterocycles. The van der Waals surface area contributed by atoms with Crippen LogP contribution >= 0.6 is 0 Å². The van der Waals surface area contributed by atoms with Gasteiger partial charge >= 0.3 is 0 Å². The predicted molar refractivity (Wildman–Crippen MR) is 61.7 cm³/mol. The van der Waals surface area contributed by atoms with E-state index in [0.29, 0.717) is 18.7 Å². The Bertz CT molecular complexity index is 382. The summed E-state index contributed by atoms with van der Waals surface area (Å²) >= 11 is 0. The van der Waals surface area contributed by atoms with Crippen molar-refractivity contribution in [3.63, 3.8) is 0 Å². The van der Waals surface area contributed by atoms with Gasteiger partial charge in [0, 0.05) is 18.7 Å². The number of rotatable bonds is 4. The number of benzene rings is 1. The summed E-state index contributed by atoms with van der Waals surface area (Å²) in [6, 6.07) is 4.24. The molecule has 0 aliphatic rings. The van der Waals surface area contributed by atoms with E-state index in [9.17, 15) is 9.18 Å². The maximum absolute atomic E-state index is 13.0. The number of amides is 1. The minimum atomic E-state index is -0.400. The van der Waals surface area contributed by atoms with Crippen LogP contribution in [-0.4, -0.2) is 19.0 Å². The monoisotopic (exact) mass is 222 g/mol. The molecule has 1 rings (SSSR count). The van der Waals surface area contributed by atoms with Crippen molar-refractivity contribution in [1.82, 2.24) is 5.32 Å². The number of aryl methyl sites for hydroxylation is 1. The summed E-state index contributed by atoms with van der Waals surface area (Å²) in [5.41, 5.74) is 6.30. The van der Waals surface area contributed by atoms with Gasteiger partial charge in [-0.1, -0.05) is 12.2 Å². The molecule has 0 radical (unpaired) electrons. The highest BCUT2D eigenvalue weighted by Crippen LogP contribution is 2.07. The molecule has 4 heteroatoms. The fraction of sp³-hybridized carbons (Fsp3) is 0.250. The predicted octanol–water partition coefficient (Wildman–Crippen LogP) is 1.38. The van der Waals surface area contributed by atoms with Gasteiger partial charge in [-0.2, -0.15) is 0 Å². The largest absolute Gasteiger partial charge is 0.349 e. The Kier molecular flexibility index (Phi) is 4.66. The molecule has 3 N–H and O–H groups in total. The number of nitrogens with one attached hydrogen (secondary N) is 1. The van der Waals surface area contributed by atoms with Gasteiger partial charge < -0.3 is 11.1 Å². The van der Waals surface area contributed by atoms with Gasteiger partial charge in [0.15, 0.2) is 0 Å². The van der Waals surface area contributed by atoms with Crippen molar-refractivity contribution in [2.45, 2.75) is 6.92 Å². The number of halogens is 1. The standard InChI is InChI=1S/C12H15FN2O/c1-9-6-10(8-11(13)7-9)12(16)15-5-3-2-4-14/h2-3,6-8H,4-5,14H2,1H3,(H,15,16)/b3-2+. The van der Waals surface area contributed by atoms with E-state index in [1.807, 2.05) is 0 Å². The van der Waals surface area contributed by atoms with Gasteiger partial charge in [0.25, 0.3) is 5.91 Å². The molecule has 1 aromatic carbocycles. The van der Waals surface area contributed by atoms with Crippen LogP contribution in [0.2, 0.25) is 0 Å². The summed E-state index contributed by atoms with van der Waals surface area (Å²) in [7, 11) is 0. The minimum Gasteiger partial charge on any atom is -0.349 e. The zero-order valence-corrected chi connectivity index (χ0v) is 9.16. The summed E-state index contributed by atoms with van der Waals surface area (Å²) in [6.07, 6.45) is 3.50. The third-order valence-electron chi connectivity index (χ3n) is 1.99. The van der Waals surface area contributed by atoms with Crippen LogP contribution < -0.4 is 11.1 Å². The van der Waals surface area contributed by atoms with Crippen LogP contribution in [0.5, 0.6) is 0 Å². The lowest BCUT2D eigenvalue weighted by Gasteiger charge is -2.03. The number of carbonyl (C=O) groups excluding carboxylic acids is 1. The van der Waals surface area contributed by atoms with Crippen molar-refractivity contribution >= 4 is 5.91 Å². The molecule has 0 fully saturated rings. The first kappa shape index (κ1) is 12.4. The molecule has 16 heavy (non-hydrogen) atoms. The highest BCUT2D eigenvalue weighted by molar-refractivity contribution is 5.94. The van der Waals surface area contributed by atoms with Gasteiger partial charge in [0.2, 0.25) is 0 Å². The summed E-state index contributed by atoms with van der Waals surface area (Å²) in [6.45, 7) is 2.58. The Labute approximate surface area is 94.1 Å². The van der Waals surface area contributed by atoms with Gasteiger partial charge in [0.05, 0.1) is 0 Å². The molecule has 1 aromatic rings. The lowest BCUT2D eigenvalue weighted by atomic mass is 10.1. The number of hydrogen-bond donors (Lipinski definition) is 2. The third-order valence-corrected chi connectivity index (χ3v) is 1.99. The fourth-order valence-electron chi connectivity index (χ4n) is 1.30. The van der Waals surface area contributed by atoms with Crippen LogP contribution in [-0.2, 0) is 0 Å². The summed E-state index contributed by atoms with van der Waals surface area (Å²) in [4.78, 5) is 11.6. The Morgan fingerprint density at radius 1 is 1.44 bits per heavy atom. The molecular formula is C12H15FN2O. The number of hydrogen-bond acceptors (Lipinski definition) is 2. The molecule has 0 aliphatic carbocycles. The van der Waals surface area contributed by atoms with Gasteiger partial charge in [0.1, 0.15) is 5.82 Å². The first-order chi connectivity index (χ1) is 7.63. The van der Waals surface area contributed by atoms with Crippen molar-refractivity contribution in [3.05, 3.63) is 47.3 Å². The molecule has 0 atom stereocenters. The molecule has 0 spiro atoms. The second kappa shape index (κ2) is 6.02. The maximum atomic E-state index is 13.0. The first-order valence-corrected chi connectivity index (χ1v) is 5.04. The Morgan fingerprint density at radius 2 is 2.19 bits per heavy atom. The van der Waals surface area contributed by atoms with Crippen LogP contribution in [0.3, 0.4) is 0 Å². The highest BCUT2D eigenvalue weighted by Gasteiger charge is 2.06. The van der Waals surface area contributed by atoms with E-state index in [-0.39, 0.29) is 5.91 Å². The molecule has 0 bridgehead atoms. The maximum Gasteiger partial charge on any atom is 0.251 e. The molecule has 0 aromatic heterocycles. The average molecular weight is 222 g/mol. The van der Waals surface area contributed by atoms with E-state index < -0.39 is 5.82 Å². The highest BCUT2D eigenvalue weighted by atomic mass is 19.1. The van der Waals surface area contributed by atoms with Crippen molar-refractivity contribution in [2.24, 2.45) is 5.73 Å². The second-order valence-electron chi connectivity index (χ2n) is 3.43. The first-order valence-electron chi connectivity index (χ1n) is 5.04. The Morgan fingerprint density at radius 3 is 2.81 bits per heavy atom. The summed E-state index contributed by atoms with van der Waals surface area (Å²) in [5, 5.41) is 2.64. The summed E-state index contributed by atoms with van der Waals surface area (Å²) in [5.74, 6) is -0.688. The van der Waals surface area contributed by atoms with Crippen molar-refractivity contribution in [3.8, 4) is 0 Å². The molecular weight excluding hydrogens is 207 g/mol. The van der Waals surface area contributed by atoms with Crippen molar-refractivity contribution in [1.29, 1.82) is 0 Å². The van der Waals surface area contributed by atoms with Gasteiger partial charge in [-0.25, -0.2) is 4.39 Å². The van der Waals surface area contributed by atoms with Gasteiger partial charge in [-0.15, -0.1) is 0 Å². The minimum absolute atomic E-state index is 0.288. The quantitative estimate of drug-likeness (QED) is 0.756. The molecule has 0 heterocycles. The number of carbonyl (C=O) groups is 1. The average Bonchev–Trinajstić information content (AvgIpc) is 2.22. The lowest BCUT2D eigenvalue weighted by Crippen LogP contribution is -2.23. The molecule has 1 amide bonds. The van der Waals surface area contributed by atoms with Crippen LogP contribution in [0, 0.1) is 12.7 Å². The molecule has 0 saturated heterocycles. The van der Waals surface area contributed by atoms with Gasteiger partial charge in [-0.05, 0) is 30.7 Å². The topological polar surface area (TPSA) is 55.1 Å². The van der Waals surface area contributed by atoms with E-state index in [4.69, 9.17) is 5.73 Å². The second-order valence-corrected chi connectivity index (χ2v) is 3.43. The Hall–Kier alpha value is -1.68. The smallest absolute Gasteiger partial charge is 0.251 e. The van der Waals surface area contributed by atoms with Crippen LogP contribution in [0.1, 0.15) is 15.9 Å². The van der Waals surface area contributed by atoms with E-state index in [1.54, 1.807) is 25.1 Å². The fourth-order valence-corrected chi connectivity index (χ4v) is 1.30. The van der Waals surface area contributed by atoms with Crippen LogP contribution in [0.25, 0.3) is 0 Å². The molecule has 0 unspecified atom stereocenters. The normalized spacial score (nSPS) is 10.7. The summed E-state index contributed by atoms with van der Waals surface area (Å²) < 4.78 is 13.0. The van der Waals surface area contributed by atoms with E-state index in [0.717, 1.165) is 5.56 Å². The van der Waals surface area contributed by atoms with E-state index >= 15 is 0 Å². The Balaban J connectivity index is 2.62. The SMILES string of the molecule is Cc1cc(F)cc(C(=O)NC/C=C/CN)c1. The van der Waals surface area contributed by atoms with Crippen molar-refractivity contribution < 1.29 is 9.18 Å². The zero-order chi connectivity index (χ0) is 12.0. The van der Waals surface area contributed by atoms with Crippen LogP contribution in [0.4, 0.5) is 4.39 Å². The third kappa shape index (κ3) is 3.82. The van der Waals surface area contributed by atoms with E-state index in [2.05, 4.69) is 5.32 Å². The molecule has 86 valence electrons. The zero-order valence-electron chi connectivity index (χ0n) is 9.16. The molecule has 0 saturated carbocycles. The molecule has 3 nitrogen and oxygen atoms in total. The number of nitrogens with two attached hydrogens (primary N) is 1. The van der Waals surface area contributed by atoms with Crippen molar-refractivity contribution in [2.75, 3.05) is 13.1 Å². The van der Waals surface area contributed by atoms with Gasteiger partial charge in [-0.3, -0.25) is 4.79 Å². The lowest BCUT2D eigenvalue weighted by molar-refractivity contribution is 0.0957. The van der Waals surface area contributed by atoms with Crippen LogP contribution in [0.15, 0.2) is 30.4 Å². The van der Waals surface area contributed by atoms with E-state index in [1.165, 1.54) is 12.1 Å².